The number of carbonyl (C=O) groups excluding carboxylic acids is 1. The summed E-state index contributed by atoms with van der Waals surface area (Å²) < 4.78 is 5.25. The first-order valence-corrected chi connectivity index (χ1v) is 7.04. The molecule has 2 fully saturated rings. The highest BCUT2D eigenvalue weighted by Gasteiger charge is 2.23. The van der Waals surface area contributed by atoms with Crippen LogP contribution in [0.2, 0.25) is 0 Å². The summed E-state index contributed by atoms with van der Waals surface area (Å²) in [5.74, 6) is 0.0275. The quantitative estimate of drug-likeness (QED) is 0.671. The molecule has 2 aliphatic rings. The van der Waals surface area contributed by atoms with E-state index >= 15 is 0 Å². The van der Waals surface area contributed by atoms with Gasteiger partial charge in [-0.3, -0.25) is 4.79 Å². The van der Waals surface area contributed by atoms with Crippen LogP contribution in [0.15, 0.2) is 0 Å². The molecule has 0 aromatic heterocycles. The average Bonchev–Trinajstić information content (AvgIpc) is 2.39. The predicted molar refractivity (Wildman–Crippen MR) is 68.2 cm³/mol. The molecule has 3 N–H and O–H groups in total. The minimum absolute atomic E-state index is 0.0275. The molecule has 1 heterocycles. The van der Waals surface area contributed by atoms with Gasteiger partial charge < -0.3 is 20.5 Å². The fourth-order valence-corrected chi connectivity index (χ4v) is 2.69. The zero-order valence-electron chi connectivity index (χ0n) is 10.9. The van der Waals surface area contributed by atoms with Crippen molar-refractivity contribution in [3.63, 3.8) is 0 Å². The van der Waals surface area contributed by atoms with Gasteiger partial charge in [-0.2, -0.15) is 0 Å². The molecule has 1 saturated carbocycles. The summed E-state index contributed by atoms with van der Waals surface area (Å²) in [5.41, 5.74) is 0. The second kappa shape index (κ2) is 7.07. The molecule has 0 spiro atoms. The van der Waals surface area contributed by atoms with E-state index < -0.39 is 0 Å². The van der Waals surface area contributed by atoms with Crippen LogP contribution in [0, 0.1) is 0 Å². The minimum Gasteiger partial charge on any atom is -0.392 e. The molecule has 2 atom stereocenters. The Labute approximate surface area is 108 Å². The van der Waals surface area contributed by atoms with Gasteiger partial charge in [-0.15, -0.1) is 0 Å². The van der Waals surface area contributed by atoms with Crippen LogP contribution < -0.4 is 10.6 Å². The van der Waals surface area contributed by atoms with Crippen molar-refractivity contribution in [1.29, 1.82) is 0 Å². The molecular formula is C13H24N2O3. The van der Waals surface area contributed by atoms with Crippen molar-refractivity contribution in [1.82, 2.24) is 10.6 Å². The number of ether oxygens (including phenoxy) is 1. The van der Waals surface area contributed by atoms with Gasteiger partial charge in [0.15, 0.2) is 0 Å². The van der Waals surface area contributed by atoms with E-state index in [0.717, 1.165) is 51.7 Å². The fourth-order valence-electron chi connectivity index (χ4n) is 2.69. The number of rotatable bonds is 4. The third kappa shape index (κ3) is 4.23. The molecule has 18 heavy (non-hydrogen) atoms. The highest BCUT2D eigenvalue weighted by Crippen LogP contribution is 2.18. The highest BCUT2D eigenvalue weighted by molar-refractivity contribution is 5.78. The number of amides is 1. The number of hydrogen-bond donors (Lipinski definition) is 3. The van der Waals surface area contributed by atoms with E-state index in [2.05, 4.69) is 10.6 Å². The standard InChI is InChI=1S/C13H24N2O3/c16-12-4-2-1-3-11(12)14-9-13(17)15-10-5-7-18-8-6-10/h10-12,14,16H,1-9H2,(H,15,17). The maximum absolute atomic E-state index is 11.8. The third-order valence-corrected chi connectivity index (χ3v) is 3.84. The zero-order chi connectivity index (χ0) is 12.8. The number of nitrogens with one attached hydrogen (secondary N) is 2. The van der Waals surface area contributed by atoms with Crippen LogP contribution in [0.3, 0.4) is 0 Å². The molecule has 2 unspecified atom stereocenters. The second-order valence-corrected chi connectivity index (χ2v) is 5.29. The van der Waals surface area contributed by atoms with Crippen LogP contribution in [0.4, 0.5) is 0 Å². The number of carbonyl (C=O) groups is 1. The minimum atomic E-state index is -0.297. The van der Waals surface area contributed by atoms with Crippen molar-refractivity contribution < 1.29 is 14.6 Å². The Morgan fingerprint density at radius 3 is 2.61 bits per heavy atom. The Kier molecular flexibility index (Phi) is 5.41. The van der Waals surface area contributed by atoms with Gasteiger partial charge in [-0.1, -0.05) is 12.8 Å². The lowest BCUT2D eigenvalue weighted by Crippen LogP contribution is -2.48. The molecule has 0 bridgehead atoms. The van der Waals surface area contributed by atoms with Gasteiger partial charge >= 0.3 is 0 Å². The first-order chi connectivity index (χ1) is 8.75. The number of aliphatic hydroxyl groups excluding tert-OH is 1. The first kappa shape index (κ1) is 13.8. The Bertz CT molecular complexity index is 267. The second-order valence-electron chi connectivity index (χ2n) is 5.29. The molecule has 1 amide bonds. The summed E-state index contributed by atoms with van der Waals surface area (Å²) in [6, 6.07) is 0.337. The molecular weight excluding hydrogens is 232 g/mol. The molecule has 5 heteroatoms. The number of hydrogen-bond acceptors (Lipinski definition) is 4. The SMILES string of the molecule is O=C(CNC1CCCCC1O)NC1CCOCC1. The topological polar surface area (TPSA) is 70.6 Å². The number of aliphatic hydroxyl groups is 1. The Hall–Kier alpha value is -0.650. The van der Waals surface area contributed by atoms with E-state index in [1.807, 2.05) is 0 Å². The van der Waals surface area contributed by atoms with Crippen LogP contribution in [0.25, 0.3) is 0 Å². The lowest BCUT2D eigenvalue weighted by atomic mass is 9.92. The molecule has 104 valence electrons. The lowest BCUT2D eigenvalue weighted by molar-refractivity contribution is -0.121. The van der Waals surface area contributed by atoms with E-state index in [1.54, 1.807) is 0 Å². The summed E-state index contributed by atoms with van der Waals surface area (Å²) in [4.78, 5) is 11.8. The largest absolute Gasteiger partial charge is 0.392 e. The van der Waals surface area contributed by atoms with E-state index in [9.17, 15) is 9.90 Å². The fraction of sp³-hybridized carbons (Fsp3) is 0.923. The summed E-state index contributed by atoms with van der Waals surface area (Å²) in [6.07, 6.45) is 5.54. The molecule has 2 rings (SSSR count). The van der Waals surface area contributed by atoms with E-state index in [1.165, 1.54) is 0 Å². The molecule has 1 aliphatic heterocycles. The smallest absolute Gasteiger partial charge is 0.234 e. The Balaban J connectivity index is 1.64. The van der Waals surface area contributed by atoms with E-state index in [-0.39, 0.29) is 24.1 Å². The predicted octanol–water partition coefficient (Wildman–Crippen LogP) is 0.175. The normalized spacial score (nSPS) is 30.1. The summed E-state index contributed by atoms with van der Waals surface area (Å²) in [6.45, 7) is 1.78. The average molecular weight is 256 g/mol. The summed E-state index contributed by atoms with van der Waals surface area (Å²) in [7, 11) is 0. The monoisotopic (exact) mass is 256 g/mol. The van der Waals surface area contributed by atoms with Gasteiger partial charge in [0.2, 0.25) is 5.91 Å². The van der Waals surface area contributed by atoms with Gasteiger partial charge in [0.1, 0.15) is 0 Å². The highest BCUT2D eigenvalue weighted by atomic mass is 16.5. The van der Waals surface area contributed by atoms with Crippen LogP contribution >= 0.6 is 0 Å². The maximum Gasteiger partial charge on any atom is 0.234 e. The van der Waals surface area contributed by atoms with Gasteiger partial charge in [-0.05, 0) is 25.7 Å². The summed E-state index contributed by atoms with van der Waals surface area (Å²) in [5, 5.41) is 16.0. The van der Waals surface area contributed by atoms with Crippen molar-refractivity contribution >= 4 is 5.91 Å². The Morgan fingerprint density at radius 1 is 1.17 bits per heavy atom. The molecule has 1 saturated heterocycles. The van der Waals surface area contributed by atoms with Gasteiger partial charge in [0.05, 0.1) is 12.6 Å². The zero-order valence-corrected chi connectivity index (χ0v) is 10.9. The van der Waals surface area contributed by atoms with Crippen molar-refractivity contribution in [2.45, 2.75) is 56.7 Å². The lowest BCUT2D eigenvalue weighted by Gasteiger charge is -2.29. The van der Waals surface area contributed by atoms with Crippen LogP contribution in [-0.4, -0.2) is 49.0 Å². The van der Waals surface area contributed by atoms with Crippen LogP contribution in [-0.2, 0) is 9.53 Å². The molecule has 0 radical (unpaired) electrons. The molecule has 5 nitrogen and oxygen atoms in total. The van der Waals surface area contributed by atoms with Gasteiger partial charge in [0, 0.05) is 25.3 Å². The van der Waals surface area contributed by atoms with Crippen LogP contribution in [0.1, 0.15) is 38.5 Å². The van der Waals surface area contributed by atoms with Crippen molar-refractivity contribution in [2.24, 2.45) is 0 Å². The van der Waals surface area contributed by atoms with E-state index in [0.29, 0.717) is 6.54 Å². The van der Waals surface area contributed by atoms with E-state index in [4.69, 9.17) is 4.74 Å². The van der Waals surface area contributed by atoms with Gasteiger partial charge in [-0.25, -0.2) is 0 Å². The third-order valence-electron chi connectivity index (χ3n) is 3.84. The molecule has 0 aromatic rings. The first-order valence-electron chi connectivity index (χ1n) is 7.04. The van der Waals surface area contributed by atoms with Crippen LogP contribution in [0.5, 0.6) is 0 Å². The summed E-state index contributed by atoms with van der Waals surface area (Å²) >= 11 is 0. The Morgan fingerprint density at radius 2 is 1.89 bits per heavy atom. The van der Waals surface area contributed by atoms with Crippen molar-refractivity contribution in [3.8, 4) is 0 Å². The van der Waals surface area contributed by atoms with Crippen molar-refractivity contribution in [2.75, 3.05) is 19.8 Å². The van der Waals surface area contributed by atoms with Crippen molar-refractivity contribution in [3.05, 3.63) is 0 Å². The van der Waals surface area contributed by atoms with Gasteiger partial charge in [0.25, 0.3) is 0 Å². The molecule has 0 aromatic carbocycles. The maximum atomic E-state index is 11.8. The molecule has 1 aliphatic carbocycles.